The number of aliphatic hydroxyl groups is 1. The number of ether oxygens (including phenoxy) is 1. The van der Waals surface area contributed by atoms with Crippen LogP contribution in [-0.4, -0.2) is 42.2 Å². The lowest BCUT2D eigenvalue weighted by Gasteiger charge is -2.36. The average Bonchev–Trinajstić information content (AvgIpc) is 3.48. The normalized spacial score (nSPS) is 17.3. The molecule has 5 heteroatoms. The van der Waals surface area contributed by atoms with Crippen LogP contribution in [0.25, 0.3) is 11.1 Å². The van der Waals surface area contributed by atoms with Crippen LogP contribution in [0, 0.1) is 0 Å². The molecule has 3 aromatic carbocycles. The summed E-state index contributed by atoms with van der Waals surface area (Å²) in [5.41, 5.74) is 5.51. The molecule has 0 bridgehead atoms. The van der Waals surface area contributed by atoms with Crippen LogP contribution < -0.4 is 10.1 Å². The van der Waals surface area contributed by atoms with E-state index < -0.39 is 0 Å². The molecule has 1 aliphatic carbocycles. The lowest BCUT2D eigenvalue weighted by molar-refractivity contribution is 0.102. The first kappa shape index (κ1) is 24.5. The van der Waals surface area contributed by atoms with Gasteiger partial charge in [0, 0.05) is 17.3 Å². The van der Waals surface area contributed by atoms with Crippen LogP contribution in [0.1, 0.15) is 65.9 Å². The highest BCUT2D eigenvalue weighted by Gasteiger charge is 2.29. The number of nitrogens with zero attached hydrogens (tertiary/aromatic N) is 1. The number of carbonyl (C=O) groups is 1. The van der Waals surface area contributed by atoms with E-state index in [0.29, 0.717) is 11.5 Å². The maximum atomic E-state index is 13.0. The molecule has 5 nitrogen and oxygen atoms in total. The molecule has 0 spiro atoms. The van der Waals surface area contributed by atoms with Gasteiger partial charge in [0.15, 0.2) is 0 Å². The molecular formula is C31H36N2O3. The Morgan fingerprint density at radius 3 is 2.39 bits per heavy atom. The molecule has 5 rings (SSSR count). The van der Waals surface area contributed by atoms with Gasteiger partial charge < -0.3 is 20.1 Å². The van der Waals surface area contributed by atoms with E-state index >= 15 is 0 Å². The number of carbonyl (C=O) groups excluding carboxylic acids is 1. The van der Waals surface area contributed by atoms with Crippen molar-refractivity contribution in [1.29, 1.82) is 0 Å². The largest absolute Gasteiger partial charge is 0.496 e. The van der Waals surface area contributed by atoms with Gasteiger partial charge in [-0.1, -0.05) is 43.2 Å². The lowest BCUT2D eigenvalue weighted by Crippen LogP contribution is -2.39. The van der Waals surface area contributed by atoms with E-state index in [0.717, 1.165) is 60.1 Å². The zero-order chi connectivity index (χ0) is 24.9. The van der Waals surface area contributed by atoms with Crippen molar-refractivity contribution < 1.29 is 14.6 Å². The van der Waals surface area contributed by atoms with E-state index in [1.54, 1.807) is 7.11 Å². The van der Waals surface area contributed by atoms with Gasteiger partial charge in [-0.15, -0.1) is 0 Å². The fraction of sp³-hybridized carbons (Fsp3) is 0.387. The number of anilines is 1. The Hall–Kier alpha value is -3.15. The Balaban J connectivity index is 1.26. The third-order valence-corrected chi connectivity index (χ3v) is 7.89. The van der Waals surface area contributed by atoms with E-state index in [1.807, 2.05) is 60.7 Å². The number of aliphatic hydroxyl groups excluding tert-OH is 1. The van der Waals surface area contributed by atoms with E-state index in [9.17, 15) is 9.90 Å². The van der Waals surface area contributed by atoms with Crippen molar-refractivity contribution >= 4 is 11.6 Å². The van der Waals surface area contributed by atoms with Crippen LogP contribution in [0.3, 0.4) is 0 Å². The molecule has 0 radical (unpaired) electrons. The highest BCUT2D eigenvalue weighted by molar-refractivity contribution is 6.04. The fourth-order valence-electron chi connectivity index (χ4n) is 5.84. The van der Waals surface area contributed by atoms with E-state index in [4.69, 9.17) is 4.74 Å². The van der Waals surface area contributed by atoms with Gasteiger partial charge in [0.1, 0.15) is 5.75 Å². The van der Waals surface area contributed by atoms with Crippen molar-refractivity contribution in [2.45, 2.75) is 57.1 Å². The number of hydrogen-bond acceptors (Lipinski definition) is 4. The molecule has 0 aromatic heterocycles. The molecular weight excluding hydrogens is 448 g/mol. The van der Waals surface area contributed by atoms with Crippen molar-refractivity contribution in [3.05, 3.63) is 83.4 Å². The molecule has 1 amide bonds. The second kappa shape index (κ2) is 11.3. The summed E-state index contributed by atoms with van der Waals surface area (Å²) < 4.78 is 5.70. The predicted octanol–water partition coefficient (Wildman–Crippen LogP) is 6.23. The van der Waals surface area contributed by atoms with Gasteiger partial charge in [0.25, 0.3) is 5.91 Å². The summed E-state index contributed by atoms with van der Waals surface area (Å²) in [7, 11) is 1.72. The zero-order valence-corrected chi connectivity index (χ0v) is 21.1. The Morgan fingerprint density at radius 1 is 0.944 bits per heavy atom. The maximum Gasteiger partial charge on any atom is 0.255 e. The number of likely N-dealkylation sites (tertiary alicyclic amines) is 1. The van der Waals surface area contributed by atoms with Crippen molar-refractivity contribution in [2.75, 3.05) is 25.5 Å². The highest BCUT2D eigenvalue weighted by Crippen LogP contribution is 2.38. The zero-order valence-electron chi connectivity index (χ0n) is 21.1. The van der Waals surface area contributed by atoms with Crippen LogP contribution in [0.4, 0.5) is 5.69 Å². The maximum absolute atomic E-state index is 13.0. The molecule has 2 aliphatic rings. The molecule has 1 saturated heterocycles. The topological polar surface area (TPSA) is 61.8 Å². The Bertz CT molecular complexity index is 1180. The second-order valence-electron chi connectivity index (χ2n) is 10.1. The number of amides is 1. The number of piperidine rings is 1. The van der Waals surface area contributed by atoms with Gasteiger partial charge in [-0.2, -0.15) is 0 Å². The first-order chi connectivity index (χ1) is 17.6. The fourth-order valence-corrected chi connectivity index (χ4v) is 5.84. The number of methoxy groups -OCH3 is 1. The Labute approximate surface area is 214 Å². The van der Waals surface area contributed by atoms with Crippen molar-refractivity contribution in [3.8, 4) is 16.9 Å². The first-order valence-electron chi connectivity index (χ1n) is 13.2. The molecule has 188 valence electrons. The molecule has 1 saturated carbocycles. The standard InChI is InChI=1S/C31H36N2O3/c1-36-30-14-13-27(20-29(30)24-15-17-33(18-16-24)28-7-2-3-8-28)32-31(35)25-11-9-23(10-12-25)26-6-4-5-22(19-26)21-34/h4-6,9-14,19-20,24,28,34H,2-3,7-8,15-18,21H2,1H3,(H,32,35). The monoisotopic (exact) mass is 484 g/mol. The molecule has 1 heterocycles. The van der Waals surface area contributed by atoms with Gasteiger partial charge in [0.05, 0.1) is 13.7 Å². The molecule has 0 unspecified atom stereocenters. The second-order valence-corrected chi connectivity index (χ2v) is 10.1. The Kier molecular flexibility index (Phi) is 7.69. The third-order valence-electron chi connectivity index (χ3n) is 7.89. The van der Waals surface area contributed by atoms with E-state index in [1.165, 1.54) is 31.2 Å². The summed E-state index contributed by atoms with van der Waals surface area (Å²) in [6.07, 6.45) is 7.71. The molecule has 3 aromatic rings. The highest BCUT2D eigenvalue weighted by atomic mass is 16.5. The SMILES string of the molecule is COc1ccc(NC(=O)c2ccc(-c3cccc(CO)c3)cc2)cc1C1CCN(C2CCCC2)CC1. The van der Waals surface area contributed by atoms with Crippen LogP contribution in [-0.2, 0) is 6.61 Å². The minimum absolute atomic E-state index is 0.0117. The number of rotatable bonds is 7. The van der Waals surface area contributed by atoms with E-state index in [-0.39, 0.29) is 12.5 Å². The molecule has 2 N–H and O–H groups in total. The summed E-state index contributed by atoms with van der Waals surface area (Å²) in [5, 5.41) is 12.5. The van der Waals surface area contributed by atoms with Crippen molar-refractivity contribution in [2.24, 2.45) is 0 Å². The quantitative estimate of drug-likeness (QED) is 0.417. The van der Waals surface area contributed by atoms with Gasteiger partial charge in [-0.05, 0) is 103 Å². The summed E-state index contributed by atoms with van der Waals surface area (Å²) in [6, 6.07) is 22.2. The van der Waals surface area contributed by atoms with Gasteiger partial charge in [-0.25, -0.2) is 0 Å². The van der Waals surface area contributed by atoms with Crippen LogP contribution >= 0.6 is 0 Å². The number of hydrogen-bond donors (Lipinski definition) is 2. The lowest BCUT2D eigenvalue weighted by atomic mass is 9.87. The van der Waals surface area contributed by atoms with Gasteiger partial charge in [-0.3, -0.25) is 4.79 Å². The van der Waals surface area contributed by atoms with Crippen LogP contribution in [0.5, 0.6) is 5.75 Å². The van der Waals surface area contributed by atoms with Crippen LogP contribution in [0.2, 0.25) is 0 Å². The smallest absolute Gasteiger partial charge is 0.255 e. The predicted molar refractivity (Wildman–Crippen MR) is 145 cm³/mol. The number of nitrogens with one attached hydrogen (secondary N) is 1. The van der Waals surface area contributed by atoms with E-state index in [2.05, 4.69) is 16.3 Å². The summed E-state index contributed by atoms with van der Waals surface area (Å²) in [5.74, 6) is 1.23. The summed E-state index contributed by atoms with van der Waals surface area (Å²) >= 11 is 0. The summed E-state index contributed by atoms with van der Waals surface area (Å²) in [6.45, 7) is 2.29. The average molecular weight is 485 g/mol. The van der Waals surface area contributed by atoms with Crippen LogP contribution in [0.15, 0.2) is 66.7 Å². The minimum Gasteiger partial charge on any atom is -0.496 e. The molecule has 0 atom stereocenters. The van der Waals surface area contributed by atoms with Gasteiger partial charge >= 0.3 is 0 Å². The third kappa shape index (κ3) is 5.48. The molecule has 2 fully saturated rings. The first-order valence-corrected chi connectivity index (χ1v) is 13.2. The molecule has 36 heavy (non-hydrogen) atoms. The van der Waals surface area contributed by atoms with Crippen molar-refractivity contribution in [3.63, 3.8) is 0 Å². The van der Waals surface area contributed by atoms with Crippen molar-refractivity contribution in [1.82, 2.24) is 4.90 Å². The Morgan fingerprint density at radius 2 is 1.69 bits per heavy atom. The minimum atomic E-state index is -0.127. The molecule has 1 aliphatic heterocycles. The summed E-state index contributed by atoms with van der Waals surface area (Å²) in [4.78, 5) is 15.7. The number of benzene rings is 3. The van der Waals surface area contributed by atoms with Gasteiger partial charge in [0.2, 0.25) is 0 Å².